The molecule has 0 radical (unpaired) electrons. The number of allylic oxidation sites excluding steroid dienone is 2. The number of anilines is 1. The van der Waals surface area contributed by atoms with Gasteiger partial charge < -0.3 is 10.6 Å². The highest BCUT2D eigenvalue weighted by atomic mass is 32.1. The number of amides is 1. The number of alkyl halides is 2. The molecule has 2 heterocycles. The predicted molar refractivity (Wildman–Crippen MR) is 91.0 cm³/mol. The van der Waals surface area contributed by atoms with E-state index in [4.69, 9.17) is 0 Å². The Hall–Kier alpha value is -2.28. The third-order valence-corrected chi connectivity index (χ3v) is 5.02. The number of nitrogens with zero attached hydrogens (tertiary/aromatic N) is 1. The number of nitrogens with one attached hydrogen (secondary N) is 2. The van der Waals surface area contributed by atoms with Gasteiger partial charge in [-0.2, -0.15) is 0 Å². The number of thiazole rings is 1. The molecule has 0 saturated heterocycles. The SMILES string of the molecule is CC1(F)C=CC(c2ccc3nc(NC(=O)C4CC4F)sc3c2)=CN1. The maximum Gasteiger partial charge on any atom is 0.232 e. The average Bonchev–Trinajstić information content (AvgIpc) is 3.13. The molecule has 1 saturated carbocycles. The molecular weight excluding hydrogens is 332 g/mol. The van der Waals surface area contributed by atoms with Crippen molar-refractivity contribution in [3.63, 3.8) is 0 Å². The van der Waals surface area contributed by atoms with E-state index < -0.39 is 17.9 Å². The minimum atomic E-state index is -1.54. The van der Waals surface area contributed by atoms with Crippen LogP contribution in [-0.4, -0.2) is 22.9 Å². The monoisotopic (exact) mass is 347 g/mol. The standard InChI is InChI=1S/C17H15F2N3OS/c1-17(19)5-4-10(8-20-17)9-2-3-13-14(6-9)24-16(21-13)22-15(23)11-7-12(11)18/h2-6,8,11-12,20H,7H2,1H3,(H,21,22,23). The lowest BCUT2D eigenvalue weighted by Gasteiger charge is -2.21. The topological polar surface area (TPSA) is 54.0 Å². The Morgan fingerprint density at radius 1 is 1.50 bits per heavy atom. The first kappa shape index (κ1) is 15.3. The van der Waals surface area contributed by atoms with E-state index >= 15 is 0 Å². The number of benzene rings is 1. The average molecular weight is 347 g/mol. The first-order chi connectivity index (χ1) is 11.4. The normalized spacial score (nSPS) is 28.4. The van der Waals surface area contributed by atoms with Crippen LogP contribution in [0.25, 0.3) is 15.8 Å². The van der Waals surface area contributed by atoms with Gasteiger partial charge in [-0.25, -0.2) is 13.8 Å². The van der Waals surface area contributed by atoms with Crippen LogP contribution >= 0.6 is 11.3 Å². The van der Waals surface area contributed by atoms with Crippen LogP contribution in [0.1, 0.15) is 18.9 Å². The number of hydrogen-bond acceptors (Lipinski definition) is 4. The summed E-state index contributed by atoms with van der Waals surface area (Å²) >= 11 is 1.34. The summed E-state index contributed by atoms with van der Waals surface area (Å²) in [5.74, 6) is -2.38. The number of aromatic nitrogens is 1. The van der Waals surface area contributed by atoms with Crippen molar-refractivity contribution >= 4 is 38.2 Å². The van der Waals surface area contributed by atoms with Gasteiger partial charge in [-0.15, -0.1) is 0 Å². The molecule has 0 bridgehead atoms. The molecule has 1 aliphatic heterocycles. The second-order valence-electron chi connectivity index (χ2n) is 6.20. The lowest BCUT2D eigenvalue weighted by atomic mass is 10.0. The molecule has 124 valence electrons. The van der Waals surface area contributed by atoms with E-state index in [-0.39, 0.29) is 5.91 Å². The molecule has 1 aromatic carbocycles. The van der Waals surface area contributed by atoms with Gasteiger partial charge in [-0.1, -0.05) is 23.5 Å². The third-order valence-electron chi connectivity index (χ3n) is 4.09. The summed E-state index contributed by atoms with van der Waals surface area (Å²) in [6.45, 7) is 1.44. The van der Waals surface area contributed by atoms with Crippen LogP contribution in [0, 0.1) is 5.92 Å². The highest BCUT2D eigenvalue weighted by molar-refractivity contribution is 7.22. The van der Waals surface area contributed by atoms with E-state index in [2.05, 4.69) is 15.6 Å². The van der Waals surface area contributed by atoms with Crippen molar-refractivity contribution in [2.45, 2.75) is 25.3 Å². The molecule has 1 aliphatic carbocycles. The fraction of sp³-hybridized carbons (Fsp3) is 0.294. The maximum absolute atomic E-state index is 13.7. The Bertz CT molecular complexity index is 887. The number of rotatable bonds is 3. The molecule has 2 aliphatic rings. The number of carbonyl (C=O) groups is 1. The molecule has 1 fully saturated rings. The van der Waals surface area contributed by atoms with Crippen molar-refractivity contribution in [3.05, 3.63) is 42.1 Å². The first-order valence-electron chi connectivity index (χ1n) is 7.63. The Labute approximate surface area is 141 Å². The highest BCUT2D eigenvalue weighted by Crippen LogP contribution is 2.36. The molecule has 3 atom stereocenters. The van der Waals surface area contributed by atoms with Gasteiger partial charge in [0.05, 0.1) is 16.1 Å². The number of carbonyl (C=O) groups excluding carboxylic acids is 1. The van der Waals surface area contributed by atoms with Crippen LogP contribution in [0.5, 0.6) is 0 Å². The minimum absolute atomic E-state index is 0.294. The van der Waals surface area contributed by atoms with E-state index in [1.807, 2.05) is 18.2 Å². The molecule has 2 aromatic rings. The smallest absolute Gasteiger partial charge is 0.232 e. The van der Waals surface area contributed by atoms with Crippen molar-refractivity contribution in [2.75, 3.05) is 5.32 Å². The molecule has 4 rings (SSSR count). The molecule has 7 heteroatoms. The zero-order valence-corrected chi connectivity index (χ0v) is 13.7. The van der Waals surface area contributed by atoms with Gasteiger partial charge in [0.15, 0.2) is 10.9 Å². The molecule has 1 amide bonds. The lowest BCUT2D eigenvalue weighted by molar-refractivity contribution is -0.117. The third kappa shape index (κ3) is 2.91. The lowest BCUT2D eigenvalue weighted by Crippen LogP contribution is -2.33. The zero-order chi connectivity index (χ0) is 16.9. The summed E-state index contributed by atoms with van der Waals surface area (Å²) in [5.41, 5.74) is 2.55. The van der Waals surface area contributed by atoms with Gasteiger partial charge in [-0.3, -0.25) is 4.79 Å². The van der Waals surface area contributed by atoms with Crippen molar-refractivity contribution in [1.82, 2.24) is 10.3 Å². The van der Waals surface area contributed by atoms with Gasteiger partial charge in [0, 0.05) is 6.20 Å². The van der Waals surface area contributed by atoms with E-state index in [0.717, 1.165) is 21.4 Å². The Morgan fingerprint density at radius 3 is 2.96 bits per heavy atom. The number of fused-ring (bicyclic) bond motifs is 1. The highest BCUT2D eigenvalue weighted by Gasteiger charge is 2.43. The number of hydrogen-bond donors (Lipinski definition) is 2. The van der Waals surface area contributed by atoms with Crippen LogP contribution in [0.15, 0.2) is 36.6 Å². The van der Waals surface area contributed by atoms with Crippen LogP contribution in [0.2, 0.25) is 0 Å². The second kappa shape index (κ2) is 5.37. The van der Waals surface area contributed by atoms with Gasteiger partial charge >= 0.3 is 0 Å². The number of halogens is 2. The van der Waals surface area contributed by atoms with Gasteiger partial charge in [-0.05, 0) is 42.7 Å². The Balaban J connectivity index is 1.56. The Kier molecular flexibility index (Phi) is 3.42. The van der Waals surface area contributed by atoms with Crippen LogP contribution in [0.3, 0.4) is 0 Å². The summed E-state index contributed by atoms with van der Waals surface area (Å²) in [5, 5.41) is 5.83. The van der Waals surface area contributed by atoms with Crippen LogP contribution in [0.4, 0.5) is 13.9 Å². The number of dihydropyridines is 1. The molecule has 1 aromatic heterocycles. The van der Waals surface area contributed by atoms with E-state index in [1.165, 1.54) is 24.3 Å². The quantitative estimate of drug-likeness (QED) is 0.831. The predicted octanol–water partition coefficient (Wildman–Crippen LogP) is 3.78. The maximum atomic E-state index is 13.7. The largest absolute Gasteiger partial charge is 0.356 e. The minimum Gasteiger partial charge on any atom is -0.356 e. The van der Waals surface area contributed by atoms with Crippen molar-refractivity contribution in [3.8, 4) is 0 Å². The van der Waals surface area contributed by atoms with Crippen LogP contribution < -0.4 is 10.6 Å². The summed E-state index contributed by atoms with van der Waals surface area (Å²) in [6.07, 6.45) is 4.11. The van der Waals surface area contributed by atoms with Crippen molar-refractivity contribution < 1.29 is 13.6 Å². The fourth-order valence-corrected chi connectivity index (χ4v) is 3.44. The molecule has 24 heavy (non-hydrogen) atoms. The van der Waals surface area contributed by atoms with E-state index in [1.54, 1.807) is 12.3 Å². The Morgan fingerprint density at radius 2 is 2.29 bits per heavy atom. The zero-order valence-electron chi connectivity index (χ0n) is 12.8. The van der Waals surface area contributed by atoms with E-state index in [9.17, 15) is 13.6 Å². The fourth-order valence-electron chi connectivity index (χ4n) is 2.53. The molecule has 2 N–H and O–H groups in total. The molecule has 4 nitrogen and oxygen atoms in total. The van der Waals surface area contributed by atoms with Crippen molar-refractivity contribution in [1.29, 1.82) is 0 Å². The summed E-state index contributed by atoms with van der Waals surface area (Å²) < 4.78 is 27.5. The van der Waals surface area contributed by atoms with E-state index in [0.29, 0.717) is 11.6 Å². The van der Waals surface area contributed by atoms with Gasteiger partial charge in [0.2, 0.25) is 5.91 Å². The van der Waals surface area contributed by atoms with Gasteiger partial charge in [0.1, 0.15) is 6.17 Å². The van der Waals surface area contributed by atoms with Crippen LogP contribution in [-0.2, 0) is 4.79 Å². The van der Waals surface area contributed by atoms with Gasteiger partial charge in [0.25, 0.3) is 0 Å². The first-order valence-corrected chi connectivity index (χ1v) is 8.45. The summed E-state index contributed by atoms with van der Waals surface area (Å²) in [6, 6.07) is 5.69. The molecule has 3 unspecified atom stereocenters. The summed E-state index contributed by atoms with van der Waals surface area (Å²) in [7, 11) is 0. The van der Waals surface area contributed by atoms with Crippen molar-refractivity contribution in [2.24, 2.45) is 5.92 Å². The second-order valence-corrected chi connectivity index (χ2v) is 7.23. The summed E-state index contributed by atoms with van der Waals surface area (Å²) in [4.78, 5) is 16.1. The molecule has 0 spiro atoms. The molecular formula is C17H15F2N3OS.